The van der Waals surface area contributed by atoms with Gasteiger partial charge in [0.25, 0.3) is 5.79 Å². The Labute approximate surface area is 188 Å². The van der Waals surface area contributed by atoms with Crippen molar-refractivity contribution in [2.24, 2.45) is 5.41 Å². The Morgan fingerprint density at radius 3 is 2.27 bits per heavy atom. The molecule has 33 heavy (non-hydrogen) atoms. The Kier molecular flexibility index (Phi) is 4.67. The van der Waals surface area contributed by atoms with Gasteiger partial charge in [0.15, 0.2) is 5.41 Å². The van der Waals surface area contributed by atoms with E-state index in [1.807, 2.05) is 35.2 Å². The highest BCUT2D eigenvalue weighted by Crippen LogP contribution is 2.49. The largest absolute Gasteiger partial charge is 0.422 e. The fourth-order valence-electron chi connectivity index (χ4n) is 5.12. The number of esters is 2. The zero-order valence-corrected chi connectivity index (χ0v) is 18.2. The van der Waals surface area contributed by atoms with Gasteiger partial charge in [0.2, 0.25) is 0 Å². The number of cyclic esters (lactones) is 2. The van der Waals surface area contributed by atoms with Gasteiger partial charge in [-0.05, 0) is 35.9 Å². The summed E-state index contributed by atoms with van der Waals surface area (Å²) in [5.74, 6) is -2.97. The molecule has 0 aromatic heterocycles. The molecule has 2 aromatic carbocycles. The summed E-state index contributed by atoms with van der Waals surface area (Å²) in [6, 6.07) is 12.4. The molecule has 9 heteroatoms. The summed E-state index contributed by atoms with van der Waals surface area (Å²) in [6.07, 6.45) is -4.76. The lowest BCUT2D eigenvalue weighted by atomic mass is 9.69. The highest BCUT2D eigenvalue weighted by molar-refractivity contribution is 6.04. The monoisotopic (exact) mass is 460 g/mol. The minimum Gasteiger partial charge on any atom is -0.422 e. The van der Waals surface area contributed by atoms with Crippen LogP contribution in [0.3, 0.4) is 0 Å². The molecule has 3 heterocycles. The standard InChI is InChI=1S/C24H23F3N2O4/c1-22(2)32-20(30)23(21(31)33-22)13-15-12-16(24(25,26)27)8-9-18(15)29-11-10-28(14-19(23)29)17-6-4-3-5-7-17/h3-9,12,19H,10-11,13-14H2,1-2H3. The first kappa shape index (κ1) is 21.6. The van der Waals surface area contributed by atoms with Crippen molar-refractivity contribution < 1.29 is 32.2 Å². The maximum Gasteiger partial charge on any atom is 0.416 e. The van der Waals surface area contributed by atoms with Crippen LogP contribution in [-0.2, 0) is 31.7 Å². The van der Waals surface area contributed by atoms with Crippen LogP contribution in [0.2, 0.25) is 0 Å². The van der Waals surface area contributed by atoms with Crippen LogP contribution in [0.15, 0.2) is 48.5 Å². The van der Waals surface area contributed by atoms with E-state index in [0.717, 1.165) is 17.8 Å². The summed E-state index contributed by atoms with van der Waals surface area (Å²) in [6.45, 7) is 4.23. The molecule has 6 nitrogen and oxygen atoms in total. The van der Waals surface area contributed by atoms with Crippen molar-refractivity contribution in [1.82, 2.24) is 0 Å². The van der Waals surface area contributed by atoms with Crippen LogP contribution in [-0.4, -0.2) is 43.4 Å². The van der Waals surface area contributed by atoms with E-state index in [9.17, 15) is 22.8 Å². The number of carbonyl (C=O) groups excluding carboxylic acids is 2. The normalized spacial score (nSPS) is 23.5. The van der Waals surface area contributed by atoms with Crippen molar-refractivity contribution in [3.63, 3.8) is 0 Å². The number of hydrogen-bond acceptors (Lipinski definition) is 6. The fraction of sp³-hybridized carbons (Fsp3) is 0.417. The average molecular weight is 460 g/mol. The third-order valence-corrected chi connectivity index (χ3v) is 6.66. The van der Waals surface area contributed by atoms with E-state index in [4.69, 9.17) is 9.47 Å². The van der Waals surface area contributed by atoms with Gasteiger partial charge >= 0.3 is 18.1 Å². The summed E-state index contributed by atoms with van der Waals surface area (Å²) in [7, 11) is 0. The minimum atomic E-state index is -4.54. The first-order chi connectivity index (χ1) is 15.5. The molecule has 3 aliphatic heterocycles. The van der Waals surface area contributed by atoms with E-state index < -0.39 is 40.9 Å². The van der Waals surface area contributed by atoms with Gasteiger partial charge in [-0.15, -0.1) is 0 Å². The highest BCUT2D eigenvalue weighted by atomic mass is 19.4. The van der Waals surface area contributed by atoms with Crippen LogP contribution in [0.4, 0.5) is 24.5 Å². The Bertz CT molecular complexity index is 1100. The molecule has 0 saturated carbocycles. The summed E-state index contributed by atoms with van der Waals surface area (Å²) < 4.78 is 51.2. The Balaban J connectivity index is 1.62. The third-order valence-electron chi connectivity index (χ3n) is 6.66. The van der Waals surface area contributed by atoms with Gasteiger partial charge in [0, 0.05) is 51.3 Å². The topological polar surface area (TPSA) is 59.1 Å². The SMILES string of the molecule is CC1(C)OC(=O)C2(Cc3cc(C(F)(F)F)ccc3N3CCN(c4ccccc4)CC32)C(=O)O1. The molecular formula is C24H23F3N2O4. The molecule has 0 N–H and O–H groups in total. The molecule has 174 valence electrons. The second-order valence-electron chi connectivity index (χ2n) is 9.16. The fourth-order valence-corrected chi connectivity index (χ4v) is 5.12. The molecule has 0 radical (unpaired) electrons. The zero-order valence-electron chi connectivity index (χ0n) is 18.2. The van der Waals surface area contributed by atoms with E-state index in [1.54, 1.807) is 0 Å². The molecule has 3 aliphatic rings. The summed E-state index contributed by atoms with van der Waals surface area (Å²) >= 11 is 0. The van der Waals surface area contributed by atoms with E-state index >= 15 is 0 Å². The van der Waals surface area contributed by atoms with Gasteiger partial charge in [0.05, 0.1) is 11.6 Å². The molecule has 2 fully saturated rings. The van der Waals surface area contributed by atoms with Crippen molar-refractivity contribution >= 4 is 23.3 Å². The van der Waals surface area contributed by atoms with Crippen LogP contribution in [0.5, 0.6) is 0 Å². The average Bonchev–Trinajstić information content (AvgIpc) is 2.76. The van der Waals surface area contributed by atoms with Gasteiger partial charge in [-0.1, -0.05) is 18.2 Å². The lowest BCUT2D eigenvalue weighted by Crippen LogP contribution is -2.71. The number of rotatable bonds is 1. The molecule has 1 atom stereocenters. The van der Waals surface area contributed by atoms with Crippen molar-refractivity contribution in [2.45, 2.75) is 38.3 Å². The maximum atomic E-state index is 13.4. The second kappa shape index (κ2) is 7.13. The number of halogens is 3. The first-order valence-corrected chi connectivity index (χ1v) is 10.7. The minimum absolute atomic E-state index is 0.218. The van der Waals surface area contributed by atoms with E-state index in [2.05, 4.69) is 4.90 Å². The Hall–Kier alpha value is -3.23. The number of anilines is 2. The molecule has 1 spiro atoms. The van der Waals surface area contributed by atoms with Crippen LogP contribution in [0.25, 0.3) is 0 Å². The highest BCUT2D eigenvalue weighted by Gasteiger charge is 2.65. The molecule has 2 saturated heterocycles. The van der Waals surface area contributed by atoms with Crippen LogP contribution in [0.1, 0.15) is 25.0 Å². The molecule has 0 bridgehead atoms. The molecule has 0 amide bonds. The van der Waals surface area contributed by atoms with E-state index in [0.29, 0.717) is 25.3 Å². The van der Waals surface area contributed by atoms with Crippen molar-refractivity contribution in [3.05, 3.63) is 59.7 Å². The zero-order chi connectivity index (χ0) is 23.6. The van der Waals surface area contributed by atoms with Gasteiger partial charge in [-0.3, -0.25) is 9.59 Å². The lowest BCUT2D eigenvalue weighted by Gasteiger charge is -2.55. The molecule has 5 rings (SSSR count). The molecule has 0 aliphatic carbocycles. The number of nitrogens with zero attached hydrogens (tertiary/aromatic N) is 2. The molecule has 2 aromatic rings. The van der Waals surface area contributed by atoms with Crippen molar-refractivity contribution in [3.8, 4) is 0 Å². The van der Waals surface area contributed by atoms with Crippen molar-refractivity contribution in [1.29, 1.82) is 0 Å². The number of benzene rings is 2. The lowest BCUT2D eigenvalue weighted by molar-refractivity contribution is -0.253. The number of ether oxygens (including phenoxy) is 2. The summed E-state index contributed by atoms with van der Waals surface area (Å²) in [4.78, 5) is 30.7. The number of para-hydroxylation sites is 1. The van der Waals surface area contributed by atoms with Gasteiger partial charge < -0.3 is 19.3 Å². The van der Waals surface area contributed by atoms with Crippen LogP contribution >= 0.6 is 0 Å². The predicted octanol–water partition coefficient (Wildman–Crippen LogP) is 3.78. The molecular weight excluding hydrogens is 437 g/mol. The number of carbonyl (C=O) groups is 2. The van der Waals surface area contributed by atoms with Crippen molar-refractivity contribution in [2.75, 3.05) is 29.4 Å². The third kappa shape index (κ3) is 3.41. The van der Waals surface area contributed by atoms with Gasteiger partial charge in [0.1, 0.15) is 0 Å². The number of piperazine rings is 1. The Morgan fingerprint density at radius 1 is 0.970 bits per heavy atom. The maximum absolute atomic E-state index is 13.4. The number of alkyl halides is 3. The van der Waals surface area contributed by atoms with Gasteiger partial charge in [-0.2, -0.15) is 13.2 Å². The second-order valence-corrected chi connectivity index (χ2v) is 9.16. The smallest absolute Gasteiger partial charge is 0.416 e. The first-order valence-electron chi connectivity index (χ1n) is 10.7. The number of fused-ring (bicyclic) bond motifs is 4. The van der Waals surface area contributed by atoms with Gasteiger partial charge in [-0.25, -0.2) is 0 Å². The van der Waals surface area contributed by atoms with Crippen LogP contribution in [0, 0.1) is 5.41 Å². The molecule has 1 unspecified atom stereocenters. The quantitative estimate of drug-likeness (QED) is 0.477. The van der Waals surface area contributed by atoms with Crippen LogP contribution < -0.4 is 9.80 Å². The van der Waals surface area contributed by atoms with E-state index in [1.165, 1.54) is 19.9 Å². The summed E-state index contributed by atoms with van der Waals surface area (Å²) in [5.41, 5.74) is -0.779. The number of hydrogen-bond donors (Lipinski definition) is 0. The predicted molar refractivity (Wildman–Crippen MR) is 114 cm³/mol. The van der Waals surface area contributed by atoms with E-state index in [-0.39, 0.29) is 12.0 Å². The Morgan fingerprint density at radius 2 is 1.64 bits per heavy atom. The summed E-state index contributed by atoms with van der Waals surface area (Å²) in [5, 5.41) is 0.